The predicted octanol–water partition coefficient (Wildman–Crippen LogP) is 2.79. The average molecular weight is 558 g/mol. The zero-order valence-corrected chi connectivity index (χ0v) is 17.6. The number of hydrogen-bond donors (Lipinski definition) is 4. The van der Waals surface area contributed by atoms with Gasteiger partial charge in [0, 0.05) is 9.77 Å². The Labute approximate surface area is 175 Å². The van der Waals surface area contributed by atoms with Gasteiger partial charge in [0.2, 0.25) is 0 Å². The number of pyridine rings is 1. The van der Waals surface area contributed by atoms with E-state index in [1.807, 2.05) is 12.4 Å². The summed E-state index contributed by atoms with van der Waals surface area (Å²) < 4.78 is 29.1. The molecule has 4 N–H and O–H groups in total. The summed E-state index contributed by atoms with van der Waals surface area (Å²) in [5, 5.41) is 20.5. The summed E-state index contributed by atoms with van der Waals surface area (Å²) in [5.74, 6) is -3.11. The molecule has 0 aliphatic heterocycles. The SMILES string of the molecule is Cc1cc(Nc2c(C(=O)NOC[C@H](O)CO)cc(Br)c(F)c2F)ncc1I. The summed E-state index contributed by atoms with van der Waals surface area (Å²) in [7, 11) is 0. The zero-order valence-electron chi connectivity index (χ0n) is 13.9. The van der Waals surface area contributed by atoms with Gasteiger partial charge in [0.15, 0.2) is 11.6 Å². The van der Waals surface area contributed by atoms with Gasteiger partial charge < -0.3 is 15.5 Å². The maximum Gasteiger partial charge on any atom is 0.277 e. The monoisotopic (exact) mass is 557 g/mol. The van der Waals surface area contributed by atoms with Crippen molar-refractivity contribution >= 4 is 55.9 Å². The van der Waals surface area contributed by atoms with Gasteiger partial charge in [0.05, 0.1) is 22.3 Å². The first-order chi connectivity index (χ1) is 12.7. The summed E-state index contributed by atoms with van der Waals surface area (Å²) in [5.41, 5.74) is 2.19. The Morgan fingerprint density at radius 3 is 2.74 bits per heavy atom. The van der Waals surface area contributed by atoms with Crippen molar-refractivity contribution in [3.05, 3.63) is 49.1 Å². The minimum absolute atomic E-state index is 0.221. The van der Waals surface area contributed by atoms with Crippen LogP contribution in [0.5, 0.6) is 0 Å². The Bertz CT molecular complexity index is 857. The number of benzene rings is 1. The number of hydroxylamine groups is 1. The number of amides is 1. The number of anilines is 2. The Kier molecular flexibility index (Phi) is 7.85. The van der Waals surface area contributed by atoms with E-state index in [0.29, 0.717) is 0 Å². The molecule has 0 aliphatic rings. The molecule has 0 bridgehead atoms. The maximum absolute atomic E-state index is 14.5. The van der Waals surface area contributed by atoms with Crippen molar-refractivity contribution in [2.75, 3.05) is 18.5 Å². The van der Waals surface area contributed by atoms with E-state index in [1.54, 1.807) is 12.3 Å². The Morgan fingerprint density at radius 2 is 2.11 bits per heavy atom. The van der Waals surface area contributed by atoms with Gasteiger partial charge in [-0.05, 0) is 63.1 Å². The first-order valence-electron chi connectivity index (χ1n) is 7.52. The third-order valence-corrected chi connectivity index (χ3v) is 5.06. The molecule has 1 aromatic carbocycles. The minimum Gasteiger partial charge on any atom is -0.394 e. The van der Waals surface area contributed by atoms with Crippen LogP contribution < -0.4 is 10.8 Å². The number of rotatable bonds is 7. The van der Waals surface area contributed by atoms with E-state index in [4.69, 9.17) is 9.94 Å². The number of carbonyl (C=O) groups is 1. The number of nitrogens with zero attached hydrogens (tertiary/aromatic N) is 1. The van der Waals surface area contributed by atoms with Crippen molar-refractivity contribution in [1.29, 1.82) is 0 Å². The first-order valence-corrected chi connectivity index (χ1v) is 9.39. The molecule has 27 heavy (non-hydrogen) atoms. The predicted molar refractivity (Wildman–Crippen MR) is 106 cm³/mol. The Balaban J connectivity index is 2.33. The number of hydrogen-bond acceptors (Lipinski definition) is 6. The summed E-state index contributed by atoms with van der Waals surface area (Å²) in [6, 6.07) is 2.71. The molecular weight excluding hydrogens is 543 g/mol. The highest BCUT2D eigenvalue weighted by Crippen LogP contribution is 2.31. The van der Waals surface area contributed by atoms with Gasteiger partial charge in [-0.15, -0.1) is 0 Å². The highest BCUT2D eigenvalue weighted by Gasteiger charge is 2.23. The van der Waals surface area contributed by atoms with Crippen LogP contribution in [0.15, 0.2) is 22.8 Å². The van der Waals surface area contributed by atoms with Crippen LogP contribution in [0.25, 0.3) is 0 Å². The van der Waals surface area contributed by atoms with E-state index < -0.39 is 35.9 Å². The van der Waals surface area contributed by atoms with E-state index in [-0.39, 0.29) is 22.5 Å². The van der Waals surface area contributed by atoms with Crippen molar-refractivity contribution in [2.24, 2.45) is 0 Å². The zero-order chi connectivity index (χ0) is 20.1. The van der Waals surface area contributed by atoms with E-state index in [2.05, 4.69) is 48.8 Å². The van der Waals surface area contributed by atoms with Gasteiger partial charge >= 0.3 is 0 Å². The van der Waals surface area contributed by atoms with Crippen LogP contribution in [0.4, 0.5) is 20.3 Å². The van der Waals surface area contributed by atoms with Crippen LogP contribution in [0.3, 0.4) is 0 Å². The number of halogens is 4. The van der Waals surface area contributed by atoms with Gasteiger partial charge in [-0.25, -0.2) is 19.2 Å². The quantitative estimate of drug-likeness (QED) is 0.237. The minimum atomic E-state index is -1.28. The van der Waals surface area contributed by atoms with E-state index >= 15 is 0 Å². The second kappa shape index (κ2) is 9.68. The van der Waals surface area contributed by atoms with E-state index in [9.17, 15) is 18.7 Å². The highest BCUT2D eigenvalue weighted by molar-refractivity contribution is 14.1. The fraction of sp³-hybridized carbons (Fsp3) is 0.250. The molecule has 0 saturated carbocycles. The number of carbonyl (C=O) groups excluding carboxylic acids is 1. The summed E-state index contributed by atoms with van der Waals surface area (Å²) >= 11 is 4.93. The number of aliphatic hydroxyl groups is 2. The van der Waals surface area contributed by atoms with Crippen LogP contribution in [0.1, 0.15) is 15.9 Å². The van der Waals surface area contributed by atoms with Crippen molar-refractivity contribution < 1.29 is 28.6 Å². The van der Waals surface area contributed by atoms with Crippen molar-refractivity contribution in [3.63, 3.8) is 0 Å². The largest absolute Gasteiger partial charge is 0.394 e. The standard InChI is InChI=1S/C16H15BrF2IN3O4/c1-7-2-12(21-4-11(7)20)22-15-9(3-10(17)13(18)14(15)19)16(26)23-27-6-8(25)5-24/h2-4,8,24-25H,5-6H2,1H3,(H,21,22)(H,23,26)/t8-/m1/s1. The summed E-state index contributed by atoms with van der Waals surface area (Å²) in [6.45, 7) is 0.881. The molecular formula is C16H15BrF2IN3O4. The van der Waals surface area contributed by atoms with Crippen LogP contribution >= 0.6 is 38.5 Å². The van der Waals surface area contributed by atoms with E-state index in [1.165, 1.54) is 0 Å². The lowest BCUT2D eigenvalue weighted by Gasteiger charge is -2.15. The summed E-state index contributed by atoms with van der Waals surface area (Å²) in [4.78, 5) is 21.2. The smallest absolute Gasteiger partial charge is 0.277 e. The molecule has 11 heteroatoms. The normalized spacial score (nSPS) is 12.0. The molecule has 7 nitrogen and oxygen atoms in total. The molecule has 0 unspecified atom stereocenters. The Hall–Kier alpha value is -1.41. The van der Waals surface area contributed by atoms with Gasteiger partial charge in [0.1, 0.15) is 18.5 Å². The highest BCUT2D eigenvalue weighted by atomic mass is 127. The fourth-order valence-electron chi connectivity index (χ4n) is 1.94. The molecule has 2 aromatic rings. The van der Waals surface area contributed by atoms with Crippen molar-refractivity contribution in [1.82, 2.24) is 10.5 Å². The third kappa shape index (κ3) is 5.54. The van der Waals surface area contributed by atoms with Gasteiger partial charge in [-0.2, -0.15) is 0 Å². The van der Waals surface area contributed by atoms with Gasteiger partial charge in [-0.3, -0.25) is 9.63 Å². The molecule has 0 spiro atoms. The number of aryl methyl sites for hydroxylation is 1. The van der Waals surface area contributed by atoms with Gasteiger partial charge in [0.25, 0.3) is 5.91 Å². The molecule has 0 radical (unpaired) electrons. The fourth-order valence-corrected chi connectivity index (χ4v) is 2.64. The molecule has 0 saturated heterocycles. The third-order valence-electron chi connectivity index (χ3n) is 3.36. The number of nitrogens with one attached hydrogen (secondary N) is 2. The van der Waals surface area contributed by atoms with Crippen molar-refractivity contribution in [3.8, 4) is 0 Å². The van der Waals surface area contributed by atoms with Crippen LogP contribution in [0.2, 0.25) is 0 Å². The molecule has 1 amide bonds. The lowest BCUT2D eigenvalue weighted by Crippen LogP contribution is -2.30. The molecule has 1 heterocycles. The second-order valence-corrected chi connectivity index (χ2v) is 7.45. The summed E-state index contributed by atoms with van der Waals surface area (Å²) in [6.07, 6.45) is 0.350. The lowest BCUT2D eigenvalue weighted by molar-refractivity contribution is -0.0295. The van der Waals surface area contributed by atoms with Crippen LogP contribution in [-0.4, -0.2) is 40.4 Å². The first kappa shape index (κ1) is 21.9. The van der Waals surface area contributed by atoms with Gasteiger partial charge in [-0.1, -0.05) is 0 Å². The number of aromatic nitrogens is 1. The topological polar surface area (TPSA) is 104 Å². The van der Waals surface area contributed by atoms with Crippen LogP contribution in [-0.2, 0) is 4.84 Å². The molecule has 2 rings (SSSR count). The second-order valence-electron chi connectivity index (χ2n) is 5.43. The van der Waals surface area contributed by atoms with E-state index in [0.717, 1.165) is 15.2 Å². The number of aliphatic hydroxyl groups excluding tert-OH is 2. The molecule has 1 atom stereocenters. The maximum atomic E-state index is 14.5. The molecule has 1 aromatic heterocycles. The molecule has 0 aliphatic carbocycles. The van der Waals surface area contributed by atoms with Crippen LogP contribution in [0, 0.1) is 22.1 Å². The van der Waals surface area contributed by atoms with Crippen molar-refractivity contribution in [2.45, 2.75) is 13.0 Å². The molecule has 146 valence electrons. The Morgan fingerprint density at radius 1 is 1.41 bits per heavy atom. The lowest BCUT2D eigenvalue weighted by atomic mass is 10.1. The average Bonchev–Trinajstić information content (AvgIpc) is 2.64. The molecule has 0 fully saturated rings.